The van der Waals surface area contributed by atoms with Gasteiger partial charge in [-0.15, -0.1) is 0 Å². The van der Waals surface area contributed by atoms with Crippen LogP contribution < -0.4 is 4.74 Å². The molecule has 1 aromatic carbocycles. The lowest BCUT2D eigenvalue weighted by Gasteiger charge is -2.21. The van der Waals surface area contributed by atoms with Crippen molar-refractivity contribution in [2.75, 3.05) is 20.3 Å². The van der Waals surface area contributed by atoms with Gasteiger partial charge in [0.15, 0.2) is 0 Å². The van der Waals surface area contributed by atoms with E-state index in [2.05, 4.69) is 19.1 Å². The molecular weight excluding hydrogens is 224 g/mol. The van der Waals surface area contributed by atoms with Crippen LogP contribution >= 0.6 is 0 Å². The molecule has 100 valence electrons. The van der Waals surface area contributed by atoms with E-state index in [-0.39, 0.29) is 0 Å². The van der Waals surface area contributed by atoms with Gasteiger partial charge in [-0.25, -0.2) is 0 Å². The van der Waals surface area contributed by atoms with Crippen LogP contribution in [0.25, 0.3) is 0 Å². The van der Waals surface area contributed by atoms with E-state index in [1.807, 2.05) is 0 Å². The van der Waals surface area contributed by atoms with Crippen molar-refractivity contribution in [2.45, 2.75) is 45.4 Å². The number of ether oxygens (including phenoxy) is 2. The Labute approximate surface area is 110 Å². The van der Waals surface area contributed by atoms with Gasteiger partial charge < -0.3 is 9.47 Å². The van der Waals surface area contributed by atoms with E-state index >= 15 is 0 Å². The number of hydrogen-bond donors (Lipinski definition) is 0. The standard InChI is InChI=1S/C16H24O2/c1-3-13-11-14-7-4-5-8-15(14)16(12-13)18-10-6-9-17-2/h11-12H,3-10H2,1-2H3. The summed E-state index contributed by atoms with van der Waals surface area (Å²) in [6.07, 6.45) is 7.07. The molecule has 0 amide bonds. The highest BCUT2D eigenvalue weighted by Gasteiger charge is 2.15. The average Bonchev–Trinajstić information content (AvgIpc) is 2.43. The highest BCUT2D eigenvalue weighted by Crippen LogP contribution is 2.31. The summed E-state index contributed by atoms with van der Waals surface area (Å²) in [4.78, 5) is 0. The normalized spacial score (nSPS) is 14.3. The summed E-state index contributed by atoms with van der Waals surface area (Å²) in [6, 6.07) is 4.60. The maximum absolute atomic E-state index is 5.97. The van der Waals surface area contributed by atoms with Gasteiger partial charge in [-0.2, -0.15) is 0 Å². The van der Waals surface area contributed by atoms with E-state index in [4.69, 9.17) is 9.47 Å². The van der Waals surface area contributed by atoms with Gasteiger partial charge in [-0.05, 0) is 54.9 Å². The number of rotatable bonds is 6. The molecule has 0 spiro atoms. The van der Waals surface area contributed by atoms with Gasteiger partial charge in [-0.3, -0.25) is 0 Å². The van der Waals surface area contributed by atoms with Gasteiger partial charge in [0, 0.05) is 20.1 Å². The highest BCUT2D eigenvalue weighted by molar-refractivity contribution is 5.45. The summed E-state index contributed by atoms with van der Waals surface area (Å²) < 4.78 is 11.0. The molecule has 0 bridgehead atoms. The Morgan fingerprint density at radius 1 is 1.11 bits per heavy atom. The van der Waals surface area contributed by atoms with Crippen LogP contribution in [0.1, 0.15) is 42.9 Å². The van der Waals surface area contributed by atoms with Gasteiger partial charge in [-0.1, -0.05) is 13.0 Å². The first-order valence-corrected chi connectivity index (χ1v) is 7.11. The van der Waals surface area contributed by atoms with E-state index in [1.54, 1.807) is 7.11 Å². The minimum absolute atomic E-state index is 0.757. The molecule has 0 N–H and O–H groups in total. The Hall–Kier alpha value is -1.02. The molecule has 0 atom stereocenters. The van der Waals surface area contributed by atoms with E-state index in [9.17, 15) is 0 Å². The molecule has 0 heterocycles. The van der Waals surface area contributed by atoms with E-state index in [0.717, 1.165) is 31.8 Å². The Kier molecular flexibility index (Phi) is 5.06. The largest absolute Gasteiger partial charge is 0.493 e. The van der Waals surface area contributed by atoms with Crippen LogP contribution in [-0.4, -0.2) is 20.3 Å². The van der Waals surface area contributed by atoms with E-state index < -0.39 is 0 Å². The molecule has 1 aliphatic carbocycles. The Morgan fingerprint density at radius 2 is 1.94 bits per heavy atom. The summed E-state index contributed by atoms with van der Waals surface area (Å²) in [5, 5.41) is 0. The molecule has 2 rings (SSSR count). The minimum atomic E-state index is 0.757. The number of aryl methyl sites for hydroxylation is 2. The molecule has 0 saturated carbocycles. The summed E-state index contributed by atoms with van der Waals surface area (Å²) in [5.41, 5.74) is 4.37. The third-order valence-corrected chi connectivity index (χ3v) is 3.64. The lowest BCUT2D eigenvalue weighted by molar-refractivity contribution is 0.171. The zero-order chi connectivity index (χ0) is 12.8. The summed E-state index contributed by atoms with van der Waals surface area (Å²) in [7, 11) is 1.74. The van der Waals surface area contributed by atoms with Crippen molar-refractivity contribution in [1.82, 2.24) is 0 Å². The van der Waals surface area contributed by atoms with Gasteiger partial charge in [0.2, 0.25) is 0 Å². The van der Waals surface area contributed by atoms with Crippen molar-refractivity contribution >= 4 is 0 Å². The van der Waals surface area contributed by atoms with Crippen molar-refractivity contribution in [1.29, 1.82) is 0 Å². The predicted molar refractivity (Wildman–Crippen MR) is 74.5 cm³/mol. The Balaban J connectivity index is 2.11. The van der Waals surface area contributed by atoms with Gasteiger partial charge in [0.25, 0.3) is 0 Å². The fraction of sp³-hybridized carbons (Fsp3) is 0.625. The minimum Gasteiger partial charge on any atom is -0.493 e. The molecule has 2 heteroatoms. The maximum Gasteiger partial charge on any atom is 0.123 e. The SMILES string of the molecule is CCc1cc2c(c(OCCCOC)c1)CCCC2. The molecule has 0 aromatic heterocycles. The summed E-state index contributed by atoms with van der Waals surface area (Å²) in [5.74, 6) is 1.13. The third-order valence-electron chi connectivity index (χ3n) is 3.64. The Bertz CT molecular complexity index is 385. The van der Waals surface area contributed by atoms with Gasteiger partial charge in [0.05, 0.1) is 6.61 Å². The fourth-order valence-electron chi connectivity index (χ4n) is 2.61. The van der Waals surface area contributed by atoms with Crippen LogP contribution in [0.2, 0.25) is 0 Å². The van der Waals surface area contributed by atoms with Crippen LogP contribution in [0.5, 0.6) is 5.75 Å². The van der Waals surface area contributed by atoms with Crippen LogP contribution in [-0.2, 0) is 24.0 Å². The quantitative estimate of drug-likeness (QED) is 0.717. The average molecular weight is 248 g/mol. The van der Waals surface area contributed by atoms with Crippen molar-refractivity contribution in [3.8, 4) is 5.75 Å². The van der Waals surface area contributed by atoms with Crippen molar-refractivity contribution in [3.63, 3.8) is 0 Å². The second kappa shape index (κ2) is 6.79. The predicted octanol–water partition coefficient (Wildman–Crippen LogP) is 3.54. The third kappa shape index (κ3) is 3.26. The van der Waals surface area contributed by atoms with Crippen LogP contribution in [0.15, 0.2) is 12.1 Å². The van der Waals surface area contributed by atoms with Gasteiger partial charge in [0.1, 0.15) is 5.75 Å². The molecular formula is C16H24O2. The first kappa shape index (κ1) is 13.4. The van der Waals surface area contributed by atoms with Gasteiger partial charge >= 0.3 is 0 Å². The fourth-order valence-corrected chi connectivity index (χ4v) is 2.61. The molecule has 0 aliphatic heterocycles. The summed E-state index contributed by atoms with van der Waals surface area (Å²) in [6.45, 7) is 3.74. The molecule has 2 nitrogen and oxygen atoms in total. The molecule has 0 radical (unpaired) electrons. The monoisotopic (exact) mass is 248 g/mol. The second-order valence-corrected chi connectivity index (χ2v) is 4.99. The second-order valence-electron chi connectivity index (χ2n) is 4.99. The number of benzene rings is 1. The molecule has 0 unspecified atom stereocenters. The number of hydrogen-bond acceptors (Lipinski definition) is 2. The number of fused-ring (bicyclic) bond motifs is 1. The summed E-state index contributed by atoms with van der Waals surface area (Å²) >= 11 is 0. The van der Waals surface area contributed by atoms with Crippen molar-refractivity contribution < 1.29 is 9.47 Å². The van der Waals surface area contributed by atoms with Crippen LogP contribution in [0.4, 0.5) is 0 Å². The first-order chi connectivity index (χ1) is 8.85. The molecule has 1 aromatic rings. The smallest absolute Gasteiger partial charge is 0.123 e. The van der Waals surface area contributed by atoms with Crippen molar-refractivity contribution in [3.05, 3.63) is 28.8 Å². The first-order valence-electron chi connectivity index (χ1n) is 7.11. The molecule has 18 heavy (non-hydrogen) atoms. The van der Waals surface area contributed by atoms with Crippen LogP contribution in [0, 0.1) is 0 Å². The molecule has 0 fully saturated rings. The lowest BCUT2D eigenvalue weighted by Crippen LogP contribution is -2.09. The molecule has 0 saturated heterocycles. The zero-order valence-corrected chi connectivity index (χ0v) is 11.6. The highest BCUT2D eigenvalue weighted by atomic mass is 16.5. The lowest BCUT2D eigenvalue weighted by atomic mass is 9.89. The topological polar surface area (TPSA) is 18.5 Å². The zero-order valence-electron chi connectivity index (χ0n) is 11.6. The van der Waals surface area contributed by atoms with E-state index in [0.29, 0.717) is 0 Å². The molecule has 1 aliphatic rings. The number of methoxy groups -OCH3 is 1. The van der Waals surface area contributed by atoms with E-state index in [1.165, 1.54) is 42.4 Å². The van der Waals surface area contributed by atoms with Crippen LogP contribution in [0.3, 0.4) is 0 Å². The van der Waals surface area contributed by atoms with Crippen molar-refractivity contribution in [2.24, 2.45) is 0 Å². The maximum atomic E-state index is 5.97. The Morgan fingerprint density at radius 3 is 2.72 bits per heavy atom.